The number of hydrogen-bond acceptors (Lipinski definition) is 2. The second kappa shape index (κ2) is 2.77. The van der Waals surface area contributed by atoms with Crippen molar-refractivity contribution in [1.82, 2.24) is 4.37 Å². The van der Waals surface area contributed by atoms with E-state index < -0.39 is 0 Å². The summed E-state index contributed by atoms with van der Waals surface area (Å²) in [6.45, 7) is 6.62. The van der Waals surface area contributed by atoms with Gasteiger partial charge in [-0.15, -0.1) is 0 Å². The average molecular weight is 267 g/mol. The summed E-state index contributed by atoms with van der Waals surface area (Å²) in [7, 11) is 0. The maximum absolute atomic E-state index is 4.12. The van der Waals surface area contributed by atoms with Crippen LogP contribution in [0.2, 0.25) is 0 Å². The van der Waals surface area contributed by atoms with Gasteiger partial charge in [-0.05, 0) is 39.5 Å². The van der Waals surface area contributed by atoms with Crippen molar-refractivity contribution in [2.45, 2.75) is 26.2 Å². The lowest BCUT2D eigenvalue weighted by Gasteiger charge is -2.16. The Hall–Kier alpha value is 0.360. The molecule has 56 valence electrons. The third-order valence-corrected chi connectivity index (χ3v) is 3.10. The quantitative estimate of drug-likeness (QED) is 0.658. The Morgan fingerprint density at radius 3 is 2.30 bits per heavy atom. The Morgan fingerprint density at radius 1 is 1.50 bits per heavy atom. The van der Waals surface area contributed by atoms with Gasteiger partial charge in [0.2, 0.25) is 0 Å². The van der Waals surface area contributed by atoms with Crippen LogP contribution in [0.25, 0.3) is 0 Å². The highest BCUT2D eigenvalue weighted by Gasteiger charge is 2.18. The first-order valence-corrected chi connectivity index (χ1v) is 4.97. The first kappa shape index (κ1) is 8.46. The molecule has 0 aliphatic heterocycles. The SMILES string of the molecule is CC(C)(C)c1cnsc1I. The van der Waals surface area contributed by atoms with Crippen LogP contribution in [0, 0.1) is 2.88 Å². The Bertz CT molecular complexity index is 224. The topological polar surface area (TPSA) is 12.9 Å². The summed E-state index contributed by atoms with van der Waals surface area (Å²) in [5.41, 5.74) is 1.61. The first-order valence-electron chi connectivity index (χ1n) is 3.12. The summed E-state index contributed by atoms with van der Waals surface area (Å²) in [6, 6.07) is 0. The smallest absolute Gasteiger partial charge is 0.0897 e. The highest BCUT2D eigenvalue weighted by molar-refractivity contribution is 14.1. The molecule has 0 aliphatic rings. The van der Waals surface area contributed by atoms with Gasteiger partial charge < -0.3 is 0 Å². The molecule has 1 aromatic heterocycles. The van der Waals surface area contributed by atoms with Gasteiger partial charge in [-0.3, -0.25) is 0 Å². The van der Waals surface area contributed by atoms with Crippen LogP contribution in [-0.2, 0) is 5.41 Å². The van der Waals surface area contributed by atoms with E-state index in [2.05, 4.69) is 47.7 Å². The molecule has 0 saturated heterocycles. The molecule has 0 spiro atoms. The molecule has 0 fully saturated rings. The van der Waals surface area contributed by atoms with Crippen molar-refractivity contribution >= 4 is 34.1 Å². The molecule has 0 unspecified atom stereocenters. The van der Waals surface area contributed by atoms with Crippen LogP contribution in [0.1, 0.15) is 26.3 Å². The molecule has 1 aromatic rings. The molecule has 1 rings (SSSR count). The number of halogens is 1. The van der Waals surface area contributed by atoms with Crippen LogP contribution >= 0.6 is 34.1 Å². The van der Waals surface area contributed by atoms with Crippen molar-refractivity contribution in [3.8, 4) is 0 Å². The van der Waals surface area contributed by atoms with Gasteiger partial charge in [-0.1, -0.05) is 20.8 Å². The highest BCUT2D eigenvalue weighted by atomic mass is 127. The lowest BCUT2D eigenvalue weighted by Crippen LogP contribution is -2.10. The minimum absolute atomic E-state index is 0.253. The van der Waals surface area contributed by atoms with E-state index in [1.165, 1.54) is 8.45 Å². The van der Waals surface area contributed by atoms with E-state index in [1.54, 1.807) is 11.5 Å². The summed E-state index contributed by atoms with van der Waals surface area (Å²) in [5, 5.41) is 0. The zero-order chi connectivity index (χ0) is 7.78. The van der Waals surface area contributed by atoms with Gasteiger partial charge in [0.25, 0.3) is 0 Å². The monoisotopic (exact) mass is 267 g/mol. The van der Waals surface area contributed by atoms with Crippen molar-refractivity contribution in [2.24, 2.45) is 0 Å². The summed E-state index contributed by atoms with van der Waals surface area (Å²) in [6.07, 6.45) is 1.96. The predicted molar refractivity (Wildman–Crippen MR) is 53.5 cm³/mol. The van der Waals surface area contributed by atoms with Gasteiger partial charge >= 0.3 is 0 Å². The largest absolute Gasteiger partial charge is 0.200 e. The number of hydrogen-bond donors (Lipinski definition) is 0. The minimum Gasteiger partial charge on any atom is -0.200 e. The molecule has 10 heavy (non-hydrogen) atoms. The van der Waals surface area contributed by atoms with Crippen LogP contribution in [0.15, 0.2) is 6.20 Å². The zero-order valence-electron chi connectivity index (χ0n) is 6.31. The molecule has 0 bridgehead atoms. The lowest BCUT2D eigenvalue weighted by atomic mass is 9.90. The number of rotatable bonds is 0. The number of nitrogens with zero attached hydrogens (tertiary/aromatic N) is 1. The van der Waals surface area contributed by atoms with Crippen LogP contribution < -0.4 is 0 Å². The van der Waals surface area contributed by atoms with E-state index in [0.717, 1.165) is 0 Å². The second-order valence-corrected chi connectivity index (χ2v) is 5.88. The zero-order valence-corrected chi connectivity index (χ0v) is 9.28. The fourth-order valence-corrected chi connectivity index (χ4v) is 2.71. The van der Waals surface area contributed by atoms with Gasteiger partial charge in [-0.25, -0.2) is 0 Å². The Morgan fingerprint density at radius 2 is 2.10 bits per heavy atom. The van der Waals surface area contributed by atoms with E-state index in [4.69, 9.17) is 0 Å². The van der Waals surface area contributed by atoms with Gasteiger partial charge in [0.1, 0.15) is 0 Å². The second-order valence-electron chi connectivity index (χ2n) is 3.26. The standard InChI is InChI=1S/C7H10INS/c1-7(2,3)5-4-9-10-6(5)8/h4H,1-3H3. The summed E-state index contributed by atoms with van der Waals surface area (Å²) >= 11 is 3.90. The highest BCUT2D eigenvalue weighted by Crippen LogP contribution is 2.28. The van der Waals surface area contributed by atoms with Crippen LogP contribution in [0.3, 0.4) is 0 Å². The molecule has 1 heterocycles. The molecule has 0 saturated carbocycles. The van der Waals surface area contributed by atoms with Gasteiger partial charge in [0.05, 0.1) is 2.88 Å². The van der Waals surface area contributed by atoms with Crippen LogP contribution in [0.5, 0.6) is 0 Å². The van der Waals surface area contributed by atoms with Crippen molar-refractivity contribution in [1.29, 1.82) is 0 Å². The average Bonchev–Trinajstić information content (AvgIpc) is 2.11. The van der Waals surface area contributed by atoms with E-state index in [1.807, 2.05) is 6.20 Å². The van der Waals surface area contributed by atoms with Gasteiger partial charge in [0.15, 0.2) is 0 Å². The molecule has 0 atom stereocenters. The molecule has 0 radical (unpaired) electrons. The Kier molecular flexibility index (Phi) is 2.34. The van der Waals surface area contributed by atoms with E-state index in [0.29, 0.717) is 0 Å². The van der Waals surface area contributed by atoms with Gasteiger partial charge in [-0.2, -0.15) is 4.37 Å². The molecule has 0 amide bonds. The first-order chi connectivity index (χ1) is 4.52. The molecule has 0 aliphatic carbocycles. The van der Waals surface area contributed by atoms with Crippen molar-refractivity contribution in [2.75, 3.05) is 0 Å². The summed E-state index contributed by atoms with van der Waals surface area (Å²) < 4.78 is 5.43. The maximum Gasteiger partial charge on any atom is 0.0897 e. The van der Waals surface area contributed by atoms with Crippen molar-refractivity contribution in [3.05, 3.63) is 14.6 Å². The molecule has 0 N–H and O–H groups in total. The summed E-state index contributed by atoms with van der Waals surface area (Å²) in [5.74, 6) is 0. The third kappa shape index (κ3) is 1.69. The minimum atomic E-state index is 0.253. The van der Waals surface area contributed by atoms with Crippen molar-refractivity contribution in [3.63, 3.8) is 0 Å². The maximum atomic E-state index is 4.12. The molecular formula is C7H10INS. The Balaban J connectivity index is 3.05. The third-order valence-electron chi connectivity index (χ3n) is 1.33. The fourth-order valence-electron chi connectivity index (χ4n) is 0.714. The van der Waals surface area contributed by atoms with Gasteiger partial charge in [0, 0.05) is 11.8 Å². The predicted octanol–water partition coefficient (Wildman–Crippen LogP) is 3.05. The lowest BCUT2D eigenvalue weighted by molar-refractivity contribution is 0.588. The Labute approximate surface area is 79.2 Å². The molecule has 3 heteroatoms. The molecule has 0 aromatic carbocycles. The van der Waals surface area contributed by atoms with Crippen molar-refractivity contribution < 1.29 is 0 Å². The van der Waals surface area contributed by atoms with E-state index in [9.17, 15) is 0 Å². The fraction of sp³-hybridized carbons (Fsp3) is 0.571. The van der Waals surface area contributed by atoms with Crippen LogP contribution in [0.4, 0.5) is 0 Å². The van der Waals surface area contributed by atoms with E-state index in [-0.39, 0.29) is 5.41 Å². The number of aromatic nitrogens is 1. The van der Waals surface area contributed by atoms with Crippen LogP contribution in [-0.4, -0.2) is 4.37 Å². The normalized spacial score (nSPS) is 12.0. The summed E-state index contributed by atoms with van der Waals surface area (Å²) in [4.78, 5) is 0. The van der Waals surface area contributed by atoms with E-state index >= 15 is 0 Å². The molecular weight excluding hydrogens is 257 g/mol. The molecule has 1 nitrogen and oxygen atoms in total.